The summed E-state index contributed by atoms with van der Waals surface area (Å²) in [6, 6.07) is 17.6. The average molecular weight is 295 g/mol. The predicted molar refractivity (Wildman–Crippen MR) is 96.0 cm³/mol. The highest BCUT2D eigenvalue weighted by atomic mass is 15.1. The van der Waals surface area contributed by atoms with E-state index >= 15 is 0 Å². The molecule has 1 aliphatic rings. The molecule has 0 unspecified atom stereocenters. The maximum Gasteiger partial charge on any atom is 0.0240 e. The second-order valence-corrected chi connectivity index (χ2v) is 6.06. The summed E-state index contributed by atoms with van der Waals surface area (Å²) in [4.78, 5) is 2.55. The molecule has 0 radical (unpaired) electrons. The van der Waals surface area contributed by atoms with Crippen LogP contribution in [0.3, 0.4) is 0 Å². The van der Waals surface area contributed by atoms with Crippen LogP contribution in [0, 0.1) is 0 Å². The van der Waals surface area contributed by atoms with Crippen molar-refractivity contribution in [3.63, 3.8) is 0 Å². The Morgan fingerprint density at radius 1 is 0.909 bits per heavy atom. The molecule has 1 heteroatoms. The van der Waals surface area contributed by atoms with Gasteiger partial charge < -0.3 is 0 Å². The van der Waals surface area contributed by atoms with E-state index in [1.807, 2.05) is 0 Å². The Balaban J connectivity index is 0.000000545. The zero-order chi connectivity index (χ0) is 15.8. The van der Waals surface area contributed by atoms with Gasteiger partial charge in [0.2, 0.25) is 0 Å². The molecule has 0 spiro atoms. The van der Waals surface area contributed by atoms with E-state index in [0.29, 0.717) is 0 Å². The van der Waals surface area contributed by atoms with Crippen LogP contribution in [0.25, 0.3) is 0 Å². The van der Waals surface area contributed by atoms with Gasteiger partial charge in [-0.1, -0.05) is 75.7 Å². The van der Waals surface area contributed by atoms with Crippen molar-refractivity contribution in [2.24, 2.45) is 0 Å². The first-order chi connectivity index (χ1) is 10.8. The lowest BCUT2D eigenvalue weighted by molar-refractivity contribution is 0.245. The van der Waals surface area contributed by atoms with E-state index in [4.69, 9.17) is 0 Å². The molecular weight excluding hydrogens is 266 g/mol. The van der Waals surface area contributed by atoms with Gasteiger partial charge in [0.1, 0.15) is 0 Å². The number of hydrogen-bond donors (Lipinski definition) is 0. The summed E-state index contributed by atoms with van der Waals surface area (Å²) in [7, 11) is 0. The van der Waals surface area contributed by atoms with Gasteiger partial charge in [0.25, 0.3) is 0 Å². The van der Waals surface area contributed by atoms with Crippen LogP contribution in [0.1, 0.15) is 49.4 Å². The first kappa shape index (κ1) is 16.8. The molecule has 1 aliphatic heterocycles. The molecule has 1 nitrogen and oxygen atoms in total. The third-order valence-electron chi connectivity index (χ3n) is 4.07. The number of rotatable bonds is 3. The molecule has 118 valence electrons. The standard InChI is InChI=1S/C18H21N.C3H8/c1-2-16-9-6-10-17-14-19(12-11-18(16)17)13-15-7-4-3-5-8-15;1-3-2/h3-10H,2,11-14H2,1H3;3H2,1-2H3. The lowest BCUT2D eigenvalue weighted by atomic mass is 9.93. The summed E-state index contributed by atoms with van der Waals surface area (Å²) >= 11 is 0. The Bertz CT molecular complexity index is 559. The molecule has 0 aromatic heterocycles. The second kappa shape index (κ2) is 8.75. The summed E-state index contributed by atoms with van der Waals surface area (Å²) in [5.41, 5.74) is 6.09. The van der Waals surface area contributed by atoms with Gasteiger partial charge in [-0.05, 0) is 35.1 Å². The van der Waals surface area contributed by atoms with Gasteiger partial charge in [0.15, 0.2) is 0 Å². The summed E-state index contributed by atoms with van der Waals surface area (Å²) in [6.45, 7) is 9.85. The molecule has 0 bridgehead atoms. The highest BCUT2D eigenvalue weighted by molar-refractivity contribution is 5.37. The molecule has 0 saturated heterocycles. The molecule has 0 saturated carbocycles. The molecule has 2 aromatic carbocycles. The van der Waals surface area contributed by atoms with Gasteiger partial charge in [-0.3, -0.25) is 4.90 Å². The molecule has 22 heavy (non-hydrogen) atoms. The SMILES string of the molecule is CCC.CCc1cccc2c1CCN(Cc1ccccc1)C2. The number of fused-ring (bicyclic) bond motifs is 1. The van der Waals surface area contributed by atoms with Crippen molar-refractivity contribution in [1.82, 2.24) is 4.90 Å². The fourth-order valence-electron chi connectivity index (χ4n) is 3.05. The minimum absolute atomic E-state index is 1.07. The van der Waals surface area contributed by atoms with Gasteiger partial charge in [-0.15, -0.1) is 0 Å². The Morgan fingerprint density at radius 3 is 2.32 bits per heavy atom. The van der Waals surface area contributed by atoms with Gasteiger partial charge in [0, 0.05) is 19.6 Å². The van der Waals surface area contributed by atoms with Crippen LogP contribution in [-0.2, 0) is 25.9 Å². The Hall–Kier alpha value is -1.60. The number of nitrogens with zero attached hydrogens (tertiary/aromatic N) is 1. The van der Waals surface area contributed by atoms with E-state index in [1.54, 1.807) is 5.56 Å². The van der Waals surface area contributed by atoms with Crippen LogP contribution in [0.4, 0.5) is 0 Å². The monoisotopic (exact) mass is 295 g/mol. The normalized spacial score (nSPS) is 14.0. The predicted octanol–water partition coefficient (Wildman–Crippen LogP) is 5.22. The van der Waals surface area contributed by atoms with Crippen molar-refractivity contribution in [1.29, 1.82) is 0 Å². The lowest BCUT2D eigenvalue weighted by Gasteiger charge is -2.30. The van der Waals surface area contributed by atoms with E-state index in [2.05, 4.69) is 74.2 Å². The molecule has 0 N–H and O–H groups in total. The third-order valence-corrected chi connectivity index (χ3v) is 4.07. The topological polar surface area (TPSA) is 3.24 Å². The molecule has 0 fully saturated rings. The number of hydrogen-bond acceptors (Lipinski definition) is 1. The van der Waals surface area contributed by atoms with Crippen molar-refractivity contribution in [3.8, 4) is 0 Å². The van der Waals surface area contributed by atoms with E-state index in [0.717, 1.165) is 19.5 Å². The van der Waals surface area contributed by atoms with Crippen molar-refractivity contribution >= 4 is 0 Å². The van der Waals surface area contributed by atoms with Crippen LogP contribution >= 0.6 is 0 Å². The van der Waals surface area contributed by atoms with E-state index in [9.17, 15) is 0 Å². The molecular formula is C21H29N. The van der Waals surface area contributed by atoms with Gasteiger partial charge >= 0.3 is 0 Å². The average Bonchev–Trinajstić information content (AvgIpc) is 2.56. The lowest BCUT2D eigenvalue weighted by Crippen LogP contribution is -2.30. The van der Waals surface area contributed by atoms with Crippen LogP contribution in [0.15, 0.2) is 48.5 Å². The maximum atomic E-state index is 2.55. The summed E-state index contributed by atoms with van der Waals surface area (Å²) < 4.78 is 0. The zero-order valence-corrected chi connectivity index (χ0v) is 14.3. The highest BCUT2D eigenvalue weighted by Crippen LogP contribution is 2.24. The van der Waals surface area contributed by atoms with Crippen LogP contribution < -0.4 is 0 Å². The van der Waals surface area contributed by atoms with Crippen molar-refractivity contribution < 1.29 is 0 Å². The zero-order valence-electron chi connectivity index (χ0n) is 14.3. The summed E-state index contributed by atoms with van der Waals surface area (Å²) in [5.74, 6) is 0. The van der Waals surface area contributed by atoms with Crippen molar-refractivity contribution in [2.75, 3.05) is 6.54 Å². The first-order valence-electron chi connectivity index (χ1n) is 8.64. The summed E-state index contributed by atoms with van der Waals surface area (Å²) in [6.07, 6.45) is 3.61. The maximum absolute atomic E-state index is 2.55. The third kappa shape index (κ3) is 4.45. The summed E-state index contributed by atoms with van der Waals surface area (Å²) in [5, 5.41) is 0. The Labute approximate surface area is 136 Å². The fraction of sp³-hybridized carbons (Fsp3) is 0.429. The first-order valence-corrected chi connectivity index (χ1v) is 8.64. The molecule has 0 aliphatic carbocycles. The van der Waals surface area contributed by atoms with Gasteiger partial charge in [0.05, 0.1) is 0 Å². The molecule has 3 rings (SSSR count). The molecule has 0 atom stereocenters. The van der Waals surface area contributed by atoms with Gasteiger partial charge in [-0.25, -0.2) is 0 Å². The van der Waals surface area contributed by atoms with Crippen LogP contribution in [-0.4, -0.2) is 11.4 Å². The largest absolute Gasteiger partial charge is 0.294 e. The van der Waals surface area contributed by atoms with E-state index < -0.39 is 0 Å². The quantitative estimate of drug-likeness (QED) is 0.750. The van der Waals surface area contributed by atoms with Crippen LogP contribution in [0.5, 0.6) is 0 Å². The van der Waals surface area contributed by atoms with Crippen LogP contribution in [0.2, 0.25) is 0 Å². The van der Waals surface area contributed by atoms with Crippen molar-refractivity contribution in [2.45, 2.75) is 53.1 Å². The Morgan fingerprint density at radius 2 is 1.64 bits per heavy atom. The van der Waals surface area contributed by atoms with Gasteiger partial charge in [-0.2, -0.15) is 0 Å². The number of benzene rings is 2. The minimum Gasteiger partial charge on any atom is -0.294 e. The molecule has 1 heterocycles. The molecule has 2 aromatic rings. The van der Waals surface area contributed by atoms with E-state index in [-0.39, 0.29) is 0 Å². The fourth-order valence-corrected chi connectivity index (χ4v) is 3.05. The van der Waals surface area contributed by atoms with E-state index in [1.165, 1.54) is 36.1 Å². The smallest absolute Gasteiger partial charge is 0.0240 e. The highest BCUT2D eigenvalue weighted by Gasteiger charge is 2.17. The molecule has 0 amide bonds. The number of aryl methyl sites for hydroxylation is 1. The second-order valence-electron chi connectivity index (χ2n) is 6.06. The van der Waals surface area contributed by atoms with Crippen molar-refractivity contribution in [3.05, 3.63) is 70.8 Å². The minimum atomic E-state index is 1.07. The Kier molecular flexibility index (Phi) is 6.67.